The quantitative estimate of drug-likeness (QED) is 0.553. The van der Waals surface area contributed by atoms with E-state index in [4.69, 9.17) is 4.74 Å². The molecule has 2 aliphatic heterocycles. The number of rotatable bonds is 1. The Morgan fingerprint density at radius 3 is 3.00 bits per heavy atom. The molecule has 0 spiro atoms. The predicted octanol–water partition coefficient (Wildman–Crippen LogP) is -1.27. The summed E-state index contributed by atoms with van der Waals surface area (Å²) in [6, 6.07) is 0.110. The highest BCUT2D eigenvalue weighted by molar-refractivity contribution is 5.92. The van der Waals surface area contributed by atoms with Crippen molar-refractivity contribution in [2.45, 2.75) is 12.5 Å². The number of hydrogen-bond acceptors (Lipinski definition) is 3. The zero-order valence-corrected chi connectivity index (χ0v) is 7.28. The van der Waals surface area contributed by atoms with Crippen molar-refractivity contribution < 1.29 is 14.3 Å². The number of carbonyl (C=O) groups excluding carboxylic acids is 2. The second-order valence-corrected chi connectivity index (χ2v) is 3.32. The molecule has 0 aromatic heterocycles. The van der Waals surface area contributed by atoms with Gasteiger partial charge in [0.2, 0.25) is 11.8 Å². The second kappa shape index (κ2) is 3.33. The van der Waals surface area contributed by atoms with Crippen LogP contribution in [0.1, 0.15) is 6.42 Å². The molecule has 0 radical (unpaired) electrons. The van der Waals surface area contributed by atoms with Crippen LogP contribution >= 0.6 is 0 Å². The number of hydrogen-bond donors (Lipinski definition) is 1. The molecule has 1 atom stereocenters. The van der Waals surface area contributed by atoms with Crippen LogP contribution in [-0.2, 0) is 14.3 Å². The molecule has 2 heterocycles. The highest BCUT2D eigenvalue weighted by Gasteiger charge is 2.31. The summed E-state index contributed by atoms with van der Waals surface area (Å²) in [5, 5.41) is 2.51. The second-order valence-electron chi connectivity index (χ2n) is 3.32. The monoisotopic (exact) mass is 184 g/mol. The summed E-state index contributed by atoms with van der Waals surface area (Å²) in [5.41, 5.74) is 0. The van der Waals surface area contributed by atoms with Gasteiger partial charge in [-0.3, -0.25) is 9.59 Å². The van der Waals surface area contributed by atoms with Gasteiger partial charge in [0.1, 0.15) is 0 Å². The van der Waals surface area contributed by atoms with Crippen molar-refractivity contribution in [1.82, 2.24) is 10.2 Å². The van der Waals surface area contributed by atoms with Gasteiger partial charge in [0.05, 0.1) is 25.7 Å². The summed E-state index contributed by atoms with van der Waals surface area (Å²) in [5.74, 6) is -0.0819. The summed E-state index contributed by atoms with van der Waals surface area (Å²) in [6.45, 7) is 1.58. The molecule has 0 bridgehead atoms. The minimum atomic E-state index is -0.0773. The lowest BCUT2D eigenvalue weighted by Crippen LogP contribution is -2.55. The highest BCUT2D eigenvalue weighted by atomic mass is 16.5. The van der Waals surface area contributed by atoms with E-state index in [9.17, 15) is 9.59 Å². The molecule has 2 fully saturated rings. The molecule has 2 amide bonds. The zero-order valence-electron chi connectivity index (χ0n) is 7.28. The third-order valence-corrected chi connectivity index (χ3v) is 2.42. The topological polar surface area (TPSA) is 58.6 Å². The van der Waals surface area contributed by atoms with Gasteiger partial charge in [-0.25, -0.2) is 0 Å². The van der Waals surface area contributed by atoms with Crippen LogP contribution in [0, 0.1) is 0 Å². The minimum Gasteiger partial charge on any atom is -0.379 e. The van der Waals surface area contributed by atoms with Crippen molar-refractivity contribution >= 4 is 11.8 Å². The van der Waals surface area contributed by atoms with Crippen LogP contribution in [-0.4, -0.2) is 49.1 Å². The summed E-state index contributed by atoms with van der Waals surface area (Å²) in [6.07, 6.45) is 0.846. The summed E-state index contributed by atoms with van der Waals surface area (Å²) >= 11 is 0. The maximum atomic E-state index is 11.4. The van der Waals surface area contributed by atoms with Gasteiger partial charge in [-0.05, 0) is 6.42 Å². The molecule has 0 aromatic carbocycles. The molecule has 1 unspecified atom stereocenters. The molecule has 13 heavy (non-hydrogen) atoms. The molecule has 2 saturated heterocycles. The third kappa shape index (κ3) is 1.65. The number of ether oxygens (including phenoxy) is 1. The highest BCUT2D eigenvalue weighted by Crippen LogP contribution is 2.13. The van der Waals surface area contributed by atoms with Crippen LogP contribution in [0.5, 0.6) is 0 Å². The summed E-state index contributed by atoms with van der Waals surface area (Å²) in [4.78, 5) is 24.0. The van der Waals surface area contributed by atoms with E-state index in [-0.39, 0.29) is 30.9 Å². The molecule has 1 N–H and O–H groups in total. The van der Waals surface area contributed by atoms with Crippen LogP contribution < -0.4 is 5.32 Å². The number of amides is 2. The van der Waals surface area contributed by atoms with E-state index in [2.05, 4.69) is 5.32 Å². The van der Waals surface area contributed by atoms with Gasteiger partial charge in [-0.1, -0.05) is 0 Å². The lowest BCUT2D eigenvalue weighted by Gasteiger charge is -2.30. The molecule has 0 saturated carbocycles. The van der Waals surface area contributed by atoms with Gasteiger partial charge < -0.3 is 15.0 Å². The van der Waals surface area contributed by atoms with Gasteiger partial charge in [0, 0.05) is 6.61 Å². The standard InChI is InChI=1S/C8H12N2O3/c11-7-4-10(8(12)3-9-7)6-1-2-13-5-6/h6H,1-5H2,(H,9,11). The SMILES string of the molecule is O=C1CN(C2CCOC2)C(=O)CN1. The van der Waals surface area contributed by atoms with Crippen LogP contribution in [0.25, 0.3) is 0 Å². The van der Waals surface area contributed by atoms with Crippen molar-refractivity contribution in [3.8, 4) is 0 Å². The Balaban J connectivity index is 2.02. The van der Waals surface area contributed by atoms with Crippen molar-refractivity contribution in [3.63, 3.8) is 0 Å². The summed E-state index contributed by atoms with van der Waals surface area (Å²) < 4.78 is 5.17. The van der Waals surface area contributed by atoms with Gasteiger partial charge in [0.25, 0.3) is 0 Å². The maximum Gasteiger partial charge on any atom is 0.242 e. The molecule has 5 heteroatoms. The van der Waals surface area contributed by atoms with Gasteiger partial charge >= 0.3 is 0 Å². The average Bonchev–Trinajstić information content (AvgIpc) is 2.61. The summed E-state index contributed by atoms with van der Waals surface area (Å²) in [7, 11) is 0. The zero-order chi connectivity index (χ0) is 9.26. The van der Waals surface area contributed by atoms with Gasteiger partial charge in [-0.15, -0.1) is 0 Å². The first-order valence-corrected chi connectivity index (χ1v) is 4.41. The van der Waals surface area contributed by atoms with Crippen LogP contribution in [0.15, 0.2) is 0 Å². The predicted molar refractivity (Wildman–Crippen MR) is 43.9 cm³/mol. The van der Waals surface area contributed by atoms with Crippen molar-refractivity contribution in [3.05, 3.63) is 0 Å². The van der Waals surface area contributed by atoms with Crippen molar-refractivity contribution in [2.24, 2.45) is 0 Å². The third-order valence-electron chi connectivity index (χ3n) is 2.42. The molecule has 0 aromatic rings. The Morgan fingerprint density at radius 2 is 2.31 bits per heavy atom. The van der Waals surface area contributed by atoms with E-state index in [1.165, 1.54) is 0 Å². The van der Waals surface area contributed by atoms with E-state index in [0.29, 0.717) is 13.2 Å². The van der Waals surface area contributed by atoms with E-state index in [0.717, 1.165) is 6.42 Å². The van der Waals surface area contributed by atoms with Crippen LogP contribution in [0.4, 0.5) is 0 Å². The molecule has 5 nitrogen and oxygen atoms in total. The molecule has 2 aliphatic rings. The fraction of sp³-hybridized carbons (Fsp3) is 0.750. The number of carbonyl (C=O) groups is 2. The average molecular weight is 184 g/mol. The molecular weight excluding hydrogens is 172 g/mol. The first-order valence-electron chi connectivity index (χ1n) is 4.41. The van der Waals surface area contributed by atoms with Crippen LogP contribution in [0.3, 0.4) is 0 Å². The fourth-order valence-corrected chi connectivity index (χ4v) is 1.68. The molecule has 72 valence electrons. The normalized spacial score (nSPS) is 29.2. The molecule has 0 aliphatic carbocycles. The number of nitrogens with one attached hydrogen (secondary N) is 1. The van der Waals surface area contributed by atoms with Gasteiger partial charge in [-0.2, -0.15) is 0 Å². The Labute approximate surface area is 76.0 Å². The van der Waals surface area contributed by atoms with Crippen molar-refractivity contribution in [1.29, 1.82) is 0 Å². The number of nitrogens with zero attached hydrogens (tertiary/aromatic N) is 1. The number of piperazine rings is 1. The Morgan fingerprint density at radius 1 is 1.46 bits per heavy atom. The largest absolute Gasteiger partial charge is 0.379 e. The first kappa shape index (κ1) is 8.50. The molecule has 2 rings (SSSR count). The van der Waals surface area contributed by atoms with E-state index >= 15 is 0 Å². The van der Waals surface area contributed by atoms with Gasteiger partial charge in [0.15, 0.2) is 0 Å². The lowest BCUT2D eigenvalue weighted by molar-refractivity contribution is -0.142. The van der Waals surface area contributed by atoms with E-state index in [1.807, 2.05) is 0 Å². The van der Waals surface area contributed by atoms with E-state index < -0.39 is 0 Å². The maximum absolute atomic E-state index is 11.4. The molecular formula is C8H12N2O3. The van der Waals surface area contributed by atoms with Crippen LogP contribution in [0.2, 0.25) is 0 Å². The lowest BCUT2D eigenvalue weighted by atomic mass is 10.2. The van der Waals surface area contributed by atoms with E-state index in [1.54, 1.807) is 4.90 Å². The Bertz CT molecular complexity index is 236. The van der Waals surface area contributed by atoms with Crippen molar-refractivity contribution in [2.75, 3.05) is 26.3 Å². The smallest absolute Gasteiger partial charge is 0.242 e. The minimum absolute atomic E-state index is 0.00454. The Kier molecular flexibility index (Phi) is 2.18. The first-order chi connectivity index (χ1) is 6.27. The fourth-order valence-electron chi connectivity index (χ4n) is 1.68. The Hall–Kier alpha value is -1.10.